The number of hydrogen-bond acceptors (Lipinski definition) is 4. The summed E-state index contributed by atoms with van der Waals surface area (Å²) in [5.74, 6) is 0. The van der Waals surface area contributed by atoms with Crippen LogP contribution in [0, 0.1) is 11.3 Å². The highest BCUT2D eigenvalue weighted by molar-refractivity contribution is 6.30. The maximum atomic E-state index is 9.61. The van der Waals surface area contributed by atoms with Gasteiger partial charge in [-0.2, -0.15) is 5.26 Å². The zero-order valence-corrected chi connectivity index (χ0v) is 26.5. The number of nitrogens with zero attached hydrogens (tertiary/aromatic N) is 3. The average Bonchev–Trinajstić information content (AvgIpc) is 3.57. The number of furan rings is 1. The molecule has 9 aromatic rings. The second-order valence-electron chi connectivity index (χ2n) is 12.1. The minimum atomic E-state index is 0.619. The molecule has 8 aromatic carbocycles. The molecule has 0 aliphatic heterocycles. The molecule has 4 heteroatoms. The fraction of sp³-hybridized carbons (Fsp3) is 0. The Morgan fingerprint density at radius 2 is 0.878 bits per heavy atom. The van der Waals surface area contributed by atoms with Crippen molar-refractivity contribution in [3.8, 4) is 6.07 Å². The minimum absolute atomic E-state index is 0.619. The predicted molar refractivity (Wildman–Crippen MR) is 203 cm³/mol. The molecule has 0 fully saturated rings. The van der Waals surface area contributed by atoms with Gasteiger partial charge in [-0.05, 0) is 101 Å². The highest BCUT2D eigenvalue weighted by Crippen LogP contribution is 2.45. The van der Waals surface area contributed by atoms with E-state index in [2.05, 4.69) is 143 Å². The molecule has 0 amide bonds. The standard InChI is InChI=1S/C45H29N3O/c46-30-31-22-24-34(25-23-31)48(36-17-11-16-35(28-36)47(32-12-3-1-4-13-32)33-14-5-2-6-15-33)37-26-27-39-38-18-7-8-19-40(38)45-44(42(39)29-37)41-20-9-10-21-43(41)49-45/h1-29H. The molecule has 0 N–H and O–H groups in total. The number of rotatable bonds is 6. The van der Waals surface area contributed by atoms with Gasteiger partial charge in [0.2, 0.25) is 0 Å². The smallest absolute Gasteiger partial charge is 0.143 e. The van der Waals surface area contributed by atoms with Gasteiger partial charge in [-0.25, -0.2) is 0 Å². The van der Waals surface area contributed by atoms with Crippen LogP contribution in [0.2, 0.25) is 0 Å². The normalized spacial score (nSPS) is 11.2. The molecular weight excluding hydrogens is 599 g/mol. The van der Waals surface area contributed by atoms with Crippen molar-refractivity contribution in [2.45, 2.75) is 0 Å². The van der Waals surface area contributed by atoms with Crippen LogP contribution in [0.15, 0.2) is 180 Å². The van der Waals surface area contributed by atoms with Gasteiger partial charge in [0.25, 0.3) is 0 Å². The molecule has 0 atom stereocenters. The van der Waals surface area contributed by atoms with Crippen LogP contribution in [0.4, 0.5) is 34.1 Å². The molecule has 0 saturated heterocycles. The Balaban J connectivity index is 1.29. The van der Waals surface area contributed by atoms with Gasteiger partial charge < -0.3 is 14.2 Å². The first-order chi connectivity index (χ1) is 24.3. The lowest BCUT2D eigenvalue weighted by Gasteiger charge is -2.29. The monoisotopic (exact) mass is 627 g/mol. The summed E-state index contributed by atoms with van der Waals surface area (Å²) in [4.78, 5) is 4.54. The summed E-state index contributed by atoms with van der Waals surface area (Å²) in [6.45, 7) is 0. The van der Waals surface area contributed by atoms with E-state index in [4.69, 9.17) is 4.42 Å². The summed E-state index contributed by atoms with van der Waals surface area (Å²) in [5, 5.41) is 16.4. The number of anilines is 6. The zero-order valence-electron chi connectivity index (χ0n) is 26.5. The molecule has 0 unspecified atom stereocenters. The van der Waals surface area contributed by atoms with Gasteiger partial charge in [-0.3, -0.25) is 0 Å². The average molecular weight is 628 g/mol. The molecule has 0 saturated carbocycles. The Bertz CT molecular complexity index is 2630. The third-order valence-corrected chi connectivity index (χ3v) is 9.22. The van der Waals surface area contributed by atoms with E-state index in [1.807, 2.05) is 48.5 Å². The first-order valence-electron chi connectivity index (χ1n) is 16.3. The summed E-state index contributed by atoms with van der Waals surface area (Å²) in [7, 11) is 0. The maximum absolute atomic E-state index is 9.61. The molecule has 230 valence electrons. The van der Waals surface area contributed by atoms with Gasteiger partial charge in [0, 0.05) is 50.3 Å². The molecule has 49 heavy (non-hydrogen) atoms. The van der Waals surface area contributed by atoms with E-state index in [9.17, 15) is 5.26 Å². The first kappa shape index (κ1) is 28.4. The first-order valence-corrected chi connectivity index (χ1v) is 16.3. The van der Waals surface area contributed by atoms with Crippen LogP contribution >= 0.6 is 0 Å². The topological polar surface area (TPSA) is 43.4 Å². The fourth-order valence-corrected chi connectivity index (χ4v) is 7.04. The Morgan fingerprint density at radius 1 is 0.388 bits per heavy atom. The predicted octanol–water partition coefficient (Wildman–Crippen LogP) is 12.7. The van der Waals surface area contributed by atoms with Gasteiger partial charge in [0.15, 0.2) is 0 Å². The highest BCUT2D eigenvalue weighted by Gasteiger charge is 2.20. The number of fused-ring (bicyclic) bond motifs is 8. The van der Waals surface area contributed by atoms with Crippen LogP contribution in [-0.4, -0.2) is 0 Å². The Labute approximate surface area is 283 Å². The van der Waals surface area contributed by atoms with Crippen LogP contribution in [0.5, 0.6) is 0 Å². The van der Waals surface area contributed by atoms with Crippen molar-refractivity contribution >= 4 is 77.6 Å². The molecular formula is C45H29N3O. The van der Waals surface area contributed by atoms with Crippen molar-refractivity contribution in [1.29, 1.82) is 5.26 Å². The van der Waals surface area contributed by atoms with Crippen LogP contribution < -0.4 is 9.80 Å². The van der Waals surface area contributed by atoms with Crippen molar-refractivity contribution in [2.24, 2.45) is 0 Å². The SMILES string of the molecule is N#Cc1ccc(N(c2cccc(N(c3ccccc3)c3ccccc3)c2)c2ccc3c4ccccc4c4oc5ccccc5c4c3c2)cc1. The maximum Gasteiger partial charge on any atom is 0.143 e. The van der Waals surface area contributed by atoms with Crippen molar-refractivity contribution in [2.75, 3.05) is 9.80 Å². The number of nitriles is 1. The van der Waals surface area contributed by atoms with Gasteiger partial charge in [0.05, 0.1) is 11.6 Å². The van der Waals surface area contributed by atoms with E-state index in [-0.39, 0.29) is 0 Å². The Morgan fingerprint density at radius 3 is 1.55 bits per heavy atom. The van der Waals surface area contributed by atoms with Crippen LogP contribution in [0.1, 0.15) is 5.56 Å². The van der Waals surface area contributed by atoms with Crippen LogP contribution in [0.25, 0.3) is 43.5 Å². The molecule has 1 heterocycles. The molecule has 4 nitrogen and oxygen atoms in total. The van der Waals surface area contributed by atoms with E-state index >= 15 is 0 Å². The van der Waals surface area contributed by atoms with E-state index in [1.165, 1.54) is 5.39 Å². The summed E-state index contributed by atoms with van der Waals surface area (Å²) >= 11 is 0. The number of benzene rings is 8. The third-order valence-electron chi connectivity index (χ3n) is 9.22. The molecule has 1 aromatic heterocycles. The van der Waals surface area contributed by atoms with Crippen molar-refractivity contribution in [3.63, 3.8) is 0 Å². The second-order valence-corrected chi connectivity index (χ2v) is 12.1. The molecule has 0 radical (unpaired) electrons. The van der Waals surface area contributed by atoms with Gasteiger partial charge in [-0.1, -0.05) is 91.0 Å². The highest BCUT2D eigenvalue weighted by atomic mass is 16.3. The van der Waals surface area contributed by atoms with E-state index in [1.54, 1.807) is 0 Å². The van der Waals surface area contributed by atoms with Crippen molar-refractivity contribution in [1.82, 2.24) is 0 Å². The molecule has 0 bridgehead atoms. The lowest BCUT2D eigenvalue weighted by molar-refractivity contribution is 0.673. The minimum Gasteiger partial charge on any atom is -0.455 e. The number of para-hydroxylation sites is 3. The third kappa shape index (κ3) is 4.85. The van der Waals surface area contributed by atoms with E-state index in [0.717, 1.165) is 72.2 Å². The fourth-order valence-electron chi connectivity index (χ4n) is 7.04. The van der Waals surface area contributed by atoms with E-state index in [0.29, 0.717) is 5.56 Å². The van der Waals surface area contributed by atoms with Crippen molar-refractivity contribution < 1.29 is 4.42 Å². The van der Waals surface area contributed by atoms with Gasteiger partial charge in [0.1, 0.15) is 11.2 Å². The van der Waals surface area contributed by atoms with Crippen LogP contribution in [-0.2, 0) is 0 Å². The molecule has 0 aliphatic carbocycles. The quantitative estimate of drug-likeness (QED) is 0.172. The summed E-state index contributed by atoms with van der Waals surface area (Å²) in [5.41, 5.74) is 8.51. The summed E-state index contributed by atoms with van der Waals surface area (Å²) < 4.78 is 6.55. The second kappa shape index (κ2) is 11.8. The Hall–Kier alpha value is -6.83. The van der Waals surface area contributed by atoms with Gasteiger partial charge in [-0.15, -0.1) is 0 Å². The summed E-state index contributed by atoms with van der Waals surface area (Å²) in [6.07, 6.45) is 0. The molecule has 0 spiro atoms. The van der Waals surface area contributed by atoms with Crippen molar-refractivity contribution in [3.05, 3.63) is 181 Å². The van der Waals surface area contributed by atoms with E-state index < -0.39 is 0 Å². The van der Waals surface area contributed by atoms with Crippen LogP contribution in [0.3, 0.4) is 0 Å². The largest absolute Gasteiger partial charge is 0.455 e. The zero-order chi connectivity index (χ0) is 32.7. The van der Waals surface area contributed by atoms with Gasteiger partial charge >= 0.3 is 0 Å². The molecule has 0 aliphatic rings. The number of hydrogen-bond donors (Lipinski definition) is 0. The molecule has 9 rings (SSSR count). The Kier molecular flexibility index (Phi) is 6.81. The lowest BCUT2D eigenvalue weighted by atomic mass is 9.96. The summed E-state index contributed by atoms with van der Waals surface area (Å²) in [6, 6.07) is 63.0. The lowest BCUT2D eigenvalue weighted by Crippen LogP contribution is -2.13.